The maximum atomic E-state index is 11.2. The van der Waals surface area contributed by atoms with Gasteiger partial charge in [-0.3, -0.25) is 10.1 Å². The molecule has 1 aromatic rings. The molecule has 1 aromatic carbocycles. The summed E-state index contributed by atoms with van der Waals surface area (Å²) in [4.78, 5) is 21.3. The number of halogens is 1. The minimum absolute atomic E-state index is 0.0244. The first-order chi connectivity index (χ1) is 7.51. The summed E-state index contributed by atoms with van der Waals surface area (Å²) in [7, 11) is 1.18. The number of rotatable bonds is 3. The van der Waals surface area contributed by atoms with E-state index in [0.717, 1.165) is 6.07 Å². The largest absolute Gasteiger partial charge is 0.465 e. The molecule has 1 rings (SSSR count). The summed E-state index contributed by atoms with van der Waals surface area (Å²) in [6, 6.07) is 2.39. The molecule has 0 heterocycles. The number of nitro benzene ring substituents is 1. The predicted octanol–water partition coefficient (Wildman–Crippen LogP) is 1.49. The summed E-state index contributed by atoms with van der Waals surface area (Å²) in [5, 5.41) is 10.8. The Hall–Kier alpha value is -1.66. The third kappa shape index (κ3) is 2.29. The van der Waals surface area contributed by atoms with E-state index in [-0.39, 0.29) is 28.4 Å². The fraction of sp³-hybridized carbons (Fsp3) is 0.222. The Kier molecular flexibility index (Phi) is 3.81. The van der Waals surface area contributed by atoms with Crippen LogP contribution in [0.15, 0.2) is 12.1 Å². The van der Waals surface area contributed by atoms with Gasteiger partial charge in [-0.15, -0.1) is 0 Å². The van der Waals surface area contributed by atoms with E-state index in [1.165, 1.54) is 13.2 Å². The van der Waals surface area contributed by atoms with Gasteiger partial charge in [0.15, 0.2) is 0 Å². The van der Waals surface area contributed by atoms with Gasteiger partial charge in [0.05, 0.1) is 28.2 Å². The maximum Gasteiger partial charge on any atom is 0.338 e. The number of hydrogen-bond acceptors (Lipinski definition) is 5. The standard InChI is InChI=1S/C9H9ClN2O4/c1-16-9(13)5-2-7(10)6(4-11)8(3-5)12(14)15/h2-3H,4,11H2,1H3. The zero-order valence-electron chi connectivity index (χ0n) is 8.40. The molecule has 0 saturated heterocycles. The van der Waals surface area contributed by atoms with Crippen LogP contribution in [-0.4, -0.2) is 18.0 Å². The Bertz CT molecular complexity index is 447. The summed E-state index contributed by atoms with van der Waals surface area (Å²) in [5.41, 5.74) is 5.28. The van der Waals surface area contributed by atoms with Crippen LogP contribution in [0.5, 0.6) is 0 Å². The van der Waals surface area contributed by atoms with Crippen LogP contribution in [0.2, 0.25) is 5.02 Å². The molecular weight excluding hydrogens is 236 g/mol. The SMILES string of the molecule is COC(=O)c1cc(Cl)c(CN)c([N+](=O)[O-])c1. The molecule has 0 saturated carbocycles. The molecule has 6 nitrogen and oxygen atoms in total. The van der Waals surface area contributed by atoms with Crippen molar-refractivity contribution in [3.63, 3.8) is 0 Å². The summed E-state index contributed by atoms with van der Waals surface area (Å²) >= 11 is 5.79. The van der Waals surface area contributed by atoms with Crippen molar-refractivity contribution in [1.29, 1.82) is 0 Å². The predicted molar refractivity (Wildman–Crippen MR) is 57.3 cm³/mol. The summed E-state index contributed by atoms with van der Waals surface area (Å²) < 4.78 is 4.45. The van der Waals surface area contributed by atoms with Crippen molar-refractivity contribution in [2.45, 2.75) is 6.54 Å². The Morgan fingerprint density at radius 2 is 2.25 bits per heavy atom. The fourth-order valence-corrected chi connectivity index (χ4v) is 1.51. The van der Waals surface area contributed by atoms with Crippen LogP contribution in [0.1, 0.15) is 15.9 Å². The molecule has 0 bridgehead atoms. The van der Waals surface area contributed by atoms with Crippen LogP contribution < -0.4 is 5.73 Å². The van der Waals surface area contributed by atoms with Gasteiger partial charge in [0.1, 0.15) is 0 Å². The molecule has 7 heteroatoms. The van der Waals surface area contributed by atoms with Crippen LogP contribution in [0.4, 0.5) is 5.69 Å². The average molecular weight is 245 g/mol. The van der Waals surface area contributed by atoms with Gasteiger partial charge in [0.2, 0.25) is 0 Å². The van der Waals surface area contributed by atoms with Crippen molar-refractivity contribution in [3.8, 4) is 0 Å². The number of carbonyl (C=O) groups excluding carboxylic acids is 1. The van der Waals surface area contributed by atoms with E-state index in [2.05, 4.69) is 4.74 Å². The van der Waals surface area contributed by atoms with Gasteiger partial charge < -0.3 is 10.5 Å². The first-order valence-corrected chi connectivity index (χ1v) is 4.64. The van der Waals surface area contributed by atoms with Crippen molar-refractivity contribution >= 4 is 23.3 Å². The normalized spacial score (nSPS) is 9.94. The molecule has 0 aromatic heterocycles. The fourth-order valence-electron chi connectivity index (χ4n) is 1.22. The molecule has 0 atom stereocenters. The lowest BCUT2D eigenvalue weighted by molar-refractivity contribution is -0.385. The highest BCUT2D eigenvalue weighted by molar-refractivity contribution is 6.32. The molecular formula is C9H9ClN2O4. The van der Waals surface area contributed by atoms with Crippen molar-refractivity contribution in [3.05, 3.63) is 38.4 Å². The number of hydrogen-bond donors (Lipinski definition) is 1. The van der Waals surface area contributed by atoms with E-state index in [1.54, 1.807) is 0 Å². The first-order valence-electron chi connectivity index (χ1n) is 4.26. The van der Waals surface area contributed by atoms with Gasteiger partial charge in [0, 0.05) is 12.6 Å². The first kappa shape index (κ1) is 12.4. The lowest BCUT2D eigenvalue weighted by atomic mass is 10.1. The van der Waals surface area contributed by atoms with E-state index in [0.29, 0.717) is 0 Å². The second-order valence-corrected chi connectivity index (χ2v) is 3.32. The number of nitrogens with zero attached hydrogens (tertiary/aromatic N) is 1. The van der Waals surface area contributed by atoms with E-state index in [1.807, 2.05) is 0 Å². The number of carbonyl (C=O) groups is 1. The zero-order valence-corrected chi connectivity index (χ0v) is 9.15. The van der Waals surface area contributed by atoms with Gasteiger partial charge >= 0.3 is 5.97 Å². The van der Waals surface area contributed by atoms with Crippen LogP contribution in [0, 0.1) is 10.1 Å². The Morgan fingerprint density at radius 1 is 1.62 bits per heavy atom. The highest BCUT2D eigenvalue weighted by Crippen LogP contribution is 2.28. The molecule has 16 heavy (non-hydrogen) atoms. The second-order valence-electron chi connectivity index (χ2n) is 2.91. The molecule has 0 aliphatic rings. The minimum atomic E-state index is -0.687. The Morgan fingerprint density at radius 3 is 2.69 bits per heavy atom. The van der Waals surface area contributed by atoms with Crippen LogP contribution >= 0.6 is 11.6 Å². The van der Waals surface area contributed by atoms with Crippen molar-refractivity contribution < 1.29 is 14.5 Å². The van der Waals surface area contributed by atoms with E-state index >= 15 is 0 Å². The van der Waals surface area contributed by atoms with E-state index < -0.39 is 10.9 Å². The number of nitrogens with two attached hydrogens (primary N) is 1. The van der Waals surface area contributed by atoms with Gasteiger partial charge in [-0.25, -0.2) is 4.79 Å². The highest BCUT2D eigenvalue weighted by atomic mass is 35.5. The summed E-state index contributed by atoms with van der Waals surface area (Å²) in [6.07, 6.45) is 0. The Labute approximate surface area is 96.1 Å². The molecule has 2 N–H and O–H groups in total. The van der Waals surface area contributed by atoms with Gasteiger partial charge in [0.25, 0.3) is 5.69 Å². The van der Waals surface area contributed by atoms with Crippen LogP contribution in [-0.2, 0) is 11.3 Å². The number of esters is 1. The molecule has 0 spiro atoms. The van der Waals surface area contributed by atoms with Crippen molar-refractivity contribution in [2.24, 2.45) is 5.73 Å². The molecule has 0 radical (unpaired) electrons. The molecule has 0 unspecified atom stereocenters. The maximum absolute atomic E-state index is 11.2. The zero-order chi connectivity index (χ0) is 12.3. The number of benzene rings is 1. The smallest absolute Gasteiger partial charge is 0.338 e. The second kappa shape index (κ2) is 4.91. The van der Waals surface area contributed by atoms with Crippen LogP contribution in [0.25, 0.3) is 0 Å². The third-order valence-electron chi connectivity index (χ3n) is 1.99. The highest BCUT2D eigenvalue weighted by Gasteiger charge is 2.20. The van der Waals surface area contributed by atoms with Gasteiger partial charge in [-0.1, -0.05) is 11.6 Å². The molecule has 0 amide bonds. The summed E-state index contributed by atoms with van der Waals surface area (Å²) in [5.74, 6) is -0.687. The minimum Gasteiger partial charge on any atom is -0.465 e. The lowest BCUT2D eigenvalue weighted by Crippen LogP contribution is -2.07. The summed E-state index contributed by atoms with van der Waals surface area (Å²) in [6.45, 7) is -0.0728. The van der Waals surface area contributed by atoms with Crippen LogP contribution in [0.3, 0.4) is 0 Å². The third-order valence-corrected chi connectivity index (χ3v) is 2.33. The van der Waals surface area contributed by atoms with Gasteiger partial charge in [-0.05, 0) is 6.07 Å². The van der Waals surface area contributed by atoms with Crippen molar-refractivity contribution in [1.82, 2.24) is 0 Å². The topological polar surface area (TPSA) is 95.5 Å². The number of methoxy groups -OCH3 is 1. The van der Waals surface area contributed by atoms with E-state index in [9.17, 15) is 14.9 Å². The van der Waals surface area contributed by atoms with Crippen molar-refractivity contribution in [2.75, 3.05) is 7.11 Å². The lowest BCUT2D eigenvalue weighted by Gasteiger charge is -2.05. The molecule has 0 aliphatic heterocycles. The number of nitro groups is 1. The van der Waals surface area contributed by atoms with Gasteiger partial charge in [-0.2, -0.15) is 0 Å². The quantitative estimate of drug-likeness (QED) is 0.494. The Balaban J connectivity index is 3.39. The van der Waals surface area contributed by atoms with E-state index in [4.69, 9.17) is 17.3 Å². The number of ether oxygens (including phenoxy) is 1. The monoisotopic (exact) mass is 244 g/mol. The molecule has 0 aliphatic carbocycles. The molecule has 0 fully saturated rings. The molecule has 86 valence electrons. The average Bonchev–Trinajstić information content (AvgIpc) is 2.26.